The first kappa shape index (κ1) is 18.0. The molecule has 6 nitrogen and oxygen atoms in total. The number of halogens is 1. The third-order valence-electron chi connectivity index (χ3n) is 3.58. The number of benzene rings is 1. The van der Waals surface area contributed by atoms with Gasteiger partial charge >= 0.3 is 0 Å². The minimum absolute atomic E-state index is 0.0221. The van der Waals surface area contributed by atoms with Gasteiger partial charge in [-0.05, 0) is 37.6 Å². The maximum absolute atomic E-state index is 12.3. The molecule has 1 fully saturated rings. The van der Waals surface area contributed by atoms with Crippen LogP contribution < -0.4 is 15.4 Å². The van der Waals surface area contributed by atoms with Gasteiger partial charge in [-0.2, -0.15) is 0 Å². The van der Waals surface area contributed by atoms with Gasteiger partial charge in [-0.3, -0.25) is 4.79 Å². The number of ether oxygens (including phenoxy) is 1. The standard InChI is InChI=1S/C15H21ClN2O4S/c1-23(20,21)8-7-22-14-5-4-12(16)9-13(14)18-15(19)11-3-2-6-17-10-11/h4-5,9,11,17H,2-3,6-8,10H2,1H3,(H,18,19). The molecule has 128 valence electrons. The highest BCUT2D eigenvalue weighted by molar-refractivity contribution is 7.90. The first-order chi connectivity index (χ1) is 10.8. The van der Waals surface area contributed by atoms with E-state index in [0.29, 0.717) is 23.0 Å². The highest BCUT2D eigenvalue weighted by Crippen LogP contribution is 2.29. The van der Waals surface area contributed by atoms with Crippen molar-refractivity contribution in [2.45, 2.75) is 12.8 Å². The molecule has 2 rings (SSSR count). The van der Waals surface area contributed by atoms with Gasteiger partial charge in [0.15, 0.2) is 9.84 Å². The summed E-state index contributed by atoms with van der Waals surface area (Å²) >= 11 is 5.98. The molecule has 0 spiro atoms. The van der Waals surface area contributed by atoms with Crippen LogP contribution in [0.5, 0.6) is 5.75 Å². The van der Waals surface area contributed by atoms with E-state index in [2.05, 4.69) is 10.6 Å². The number of nitrogens with one attached hydrogen (secondary N) is 2. The molecule has 1 heterocycles. The molecular formula is C15H21ClN2O4S. The normalized spacial score (nSPS) is 18.4. The van der Waals surface area contributed by atoms with Crippen molar-refractivity contribution in [1.82, 2.24) is 5.32 Å². The number of sulfone groups is 1. The third kappa shape index (κ3) is 6.01. The number of carbonyl (C=O) groups excluding carboxylic acids is 1. The Morgan fingerprint density at radius 1 is 1.48 bits per heavy atom. The number of rotatable bonds is 6. The van der Waals surface area contributed by atoms with Crippen LogP contribution in [0.3, 0.4) is 0 Å². The number of anilines is 1. The molecule has 1 aromatic rings. The molecule has 8 heteroatoms. The zero-order chi connectivity index (χ0) is 16.9. The van der Waals surface area contributed by atoms with Crippen molar-refractivity contribution in [3.05, 3.63) is 23.2 Å². The SMILES string of the molecule is CS(=O)(=O)CCOc1ccc(Cl)cc1NC(=O)C1CCCNC1. The molecule has 1 unspecified atom stereocenters. The largest absolute Gasteiger partial charge is 0.490 e. The summed E-state index contributed by atoms with van der Waals surface area (Å²) in [5, 5.41) is 6.49. The molecule has 1 aliphatic heterocycles. The second kappa shape index (κ2) is 7.99. The topological polar surface area (TPSA) is 84.5 Å². The Balaban J connectivity index is 2.04. The van der Waals surface area contributed by atoms with E-state index in [-0.39, 0.29) is 24.2 Å². The first-order valence-electron chi connectivity index (χ1n) is 7.47. The number of piperidine rings is 1. The number of hydrogen-bond acceptors (Lipinski definition) is 5. The molecule has 1 saturated heterocycles. The Hall–Kier alpha value is -1.31. The van der Waals surface area contributed by atoms with Gasteiger partial charge in [0.05, 0.1) is 17.4 Å². The minimum atomic E-state index is -3.10. The summed E-state index contributed by atoms with van der Waals surface area (Å²) in [5.41, 5.74) is 0.460. The van der Waals surface area contributed by atoms with Crippen molar-refractivity contribution in [2.24, 2.45) is 5.92 Å². The van der Waals surface area contributed by atoms with Crippen molar-refractivity contribution in [3.63, 3.8) is 0 Å². The highest BCUT2D eigenvalue weighted by Gasteiger charge is 2.22. The lowest BCUT2D eigenvalue weighted by Gasteiger charge is -2.22. The monoisotopic (exact) mass is 360 g/mol. The third-order valence-corrected chi connectivity index (χ3v) is 4.72. The van der Waals surface area contributed by atoms with Gasteiger partial charge in [0.1, 0.15) is 12.4 Å². The fourth-order valence-electron chi connectivity index (χ4n) is 2.34. The van der Waals surface area contributed by atoms with Crippen LogP contribution in [0.1, 0.15) is 12.8 Å². The van der Waals surface area contributed by atoms with Gasteiger partial charge in [0.2, 0.25) is 5.91 Å². The summed E-state index contributed by atoms with van der Waals surface area (Å²) in [7, 11) is -3.10. The van der Waals surface area contributed by atoms with Crippen molar-refractivity contribution < 1.29 is 17.9 Å². The number of carbonyl (C=O) groups is 1. The number of hydrogen-bond donors (Lipinski definition) is 2. The Morgan fingerprint density at radius 2 is 2.26 bits per heavy atom. The zero-order valence-corrected chi connectivity index (χ0v) is 14.5. The molecule has 1 amide bonds. The van der Waals surface area contributed by atoms with Crippen LogP contribution in [0, 0.1) is 5.92 Å². The average Bonchev–Trinajstić information content (AvgIpc) is 2.49. The van der Waals surface area contributed by atoms with Crippen LogP contribution in [0.2, 0.25) is 5.02 Å². The van der Waals surface area contributed by atoms with Gasteiger partial charge < -0.3 is 15.4 Å². The van der Waals surface area contributed by atoms with E-state index in [0.717, 1.165) is 25.6 Å². The lowest BCUT2D eigenvalue weighted by molar-refractivity contribution is -0.120. The molecule has 1 atom stereocenters. The predicted molar refractivity (Wildman–Crippen MR) is 90.9 cm³/mol. The summed E-state index contributed by atoms with van der Waals surface area (Å²) in [6.45, 7) is 1.60. The quantitative estimate of drug-likeness (QED) is 0.806. The highest BCUT2D eigenvalue weighted by atomic mass is 35.5. The van der Waals surface area contributed by atoms with Gasteiger partial charge in [-0.15, -0.1) is 0 Å². The fraction of sp³-hybridized carbons (Fsp3) is 0.533. The Labute approximate surface area is 141 Å². The van der Waals surface area contributed by atoms with Gasteiger partial charge in [0, 0.05) is 17.8 Å². The summed E-state index contributed by atoms with van der Waals surface area (Å²) in [5.74, 6) is 0.143. The predicted octanol–water partition coefficient (Wildman–Crippen LogP) is 1.70. The molecule has 0 radical (unpaired) electrons. The lowest BCUT2D eigenvalue weighted by atomic mass is 9.99. The lowest BCUT2D eigenvalue weighted by Crippen LogP contribution is -2.37. The van der Waals surface area contributed by atoms with Crippen LogP contribution in [0.25, 0.3) is 0 Å². The zero-order valence-electron chi connectivity index (χ0n) is 13.0. The first-order valence-corrected chi connectivity index (χ1v) is 9.90. The summed E-state index contributed by atoms with van der Waals surface area (Å²) in [4.78, 5) is 12.3. The van der Waals surface area contributed by atoms with E-state index in [1.165, 1.54) is 0 Å². The van der Waals surface area contributed by atoms with Crippen LogP contribution in [-0.4, -0.2) is 46.0 Å². The van der Waals surface area contributed by atoms with Crippen molar-refractivity contribution in [2.75, 3.05) is 37.0 Å². The van der Waals surface area contributed by atoms with Crippen molar-refractivity contribution >= 4 is 33.0 Å². The Bertz CT molecular complexity index is 657. The molecular weight excluding hydrogens is 340 g/mol. The molecule has 0 aromatic heterocycles. The molecule has 2 N–H and O–H groups in total. The second-order valence-corrected chi connectivity index (χ2v) is 8.35. The van der Waals surface area contributed by atoms with E-state index < -0.39 is 9.84 Å². The molecule has 0 aliphatic carbocycles. The van der Waals surface area contributed by atoms with Gasteiger partial charge in [-0.25, -0.2) is 8.42 Å². The van der Waals surface area contributed by atoms with E-state index in [9.17, 15) is 13.2 Å². The van der Waals surface area contributed by atoms with Crippen molar-refractivity contribution in [3.8, 4) is 5.75 Å². The van der Waals surface area contributed by atoms with E-state index in [4.69, 9.17) is 16.3 Å². The van der Waals surface area contributed by atoms with Crippen molar-refractivity contribution in [1.29, 1.82) is 0 Å². The van der Waals surface area contributed by atoms with Crippen LogP contribution in [0.4, 0.5) is 5.69 Å². The Kier molecular flexibility index (Phi) is 6.26. The Morgan fingerprint density at radius 3 is 2.91 bits per heavy atom. The van der Waals surface area contributed by atoms with E-state index in [1.807, 2.05) is 0 Å². The minimum Gasteiger partial charge on any atom is -0.490 e. The van der Waals surface area contributed by atoms with Gasteiger partial charge in [0.25, 0.3) is 0 Å². The van der Waals surface area contributed by atoms with E-state index >= 15 is 0 Å². The molecule has 23 heavy (non-hydrogen) atoms. The summed E-state index contributed by atoms with van der Waals surface area (Å²) < 4.78 is 27.8. The molecule has 0 bridgehead atoms. The summed E-state index contributed by atoms with van der Waals surface area (Å²) in [6, 6.07) is 4.86. The van der Waals surface area contributed by atoms with Crippen LogP contribution in [0.15, 0.2) is 18.2 Å². The number of amides is 1. The second-order valence-electron chi connectivity index (χ2n) is 5.65. The molecule has 1 aromatic carbocycles. The van der Waals surface area contributed by atoms with Gasteiger partial charge in [-0.1, -0.05) is 11.6 Å². The van der Waals surface area contributed by atoms with E-state index in [1.54, 1.807) is 18.2 Å². The molecule has 0 saturated carbocycles. The van der Waals surface area contributed by atoms with Crippen LogP contribution in [-0.2, 0) is 14.6 Å². The smallest absolute Gasteiger partial charge is 0.228 e. The fourth-order valence-corrected chi connectivity index (χ4v) is 2.90. The summed E-state index contributed by atoms with van der Waals surface area (Å²) in [6.07, 6.45) is 2.95. The van der Waals surface area contributed by atoms with Crippen LogP contribution >= 0.6 is 11.6 Å². The maximum atomic E-state index is 12.3. The molecule has 1 aliphatic rings. The average molecular weight is 361 g/mol. The maximum Gasteiger partial charge on any atom is 0.228 e.